The summed E-state index contributed by atoms with van der Waals surface area (Å²) >= 11 is 0. The average molecular weight is 393 g/mol. The quantitative estimate of drug-likeness (QED) is 0.758. The molecule has 0 spiro atoms. The van der Waals surface area contributed by atoms with Crippen molar-refractivity contribution in [3.63, 3.8) is 0 Å². The molecule has 150 valence electrons. The van der Waals surface area contributed by atoms with Crippen molar-refractivity contribution in [3.05, 3.63) is 47.9 Å². The van der Waals surface area contributed by atoms with Gasteiger partial charge >= 0.3 is 6.36 Å². The van der Waals surface area contributed by atoms with Gasteiger partial charge in [0.25, 0.3) is 5.91 Å². The number of amides is 1. The second-order valence-corrected chi connectivity index (χ2v) is 6.74. The molecule has 0 saturated carbocycles. The van der Waals surface area contributed by atoms with Gasteiger partial charge in [-0.2, -0.15) is 0 Å². The number of aromatic nitrogens is 1. The number of hydrogen-bond donors (Lipinski definition) is 0. The summed E-state index contributed by atoms with van der Waals surface area (Å²) in [6.07, 6.45) is -3.99. The summed E-state index contributed by atoms with van der Waals surface area (Å²) in [7, 11) is 3.57. The van der Waals surface area contributed by atoms with Gasteiger partial charge in [0.2, 0.25) is 0 Å². The van der Waals surface area contributed by atoms with Gasteiger partial charge in [0.05, 0.1) is 11.4 Å². The van der Waals surface area contributed by atoms with Crippen molar-refractivity contribution in [2.24, 2.45) is 7.05 Å². The summed E-state index contributed by atoms with van der Waals surface area (Å²) in [5.74, 6) is 0.105. The minimum absolute atomic E-state index is 0.167. The lowest BCUT2D eigenvalue weighted by atomic mass is 10.1. The van der Waals surface area contributed by atoms with Gasteiger partial charge in [0.1, 0.15) is 17.3 Å². The van der Waals surface area contributed by atoms with Gasteiger partial charge in [0.15, 0.2) is 0 Å². The summed E-state index contributed by atoms with van der Waals surface area (Å²) in [4.78, 5) is 16.5. The highest BCUT2D eigenvalue weighted by Crippen LogP contribution is 2.42. The molecule has 3 rings (SSSR count). The van der Waals surface area contributed by atoms with E-state index in [2.05, 4.69) is 11.3 Å². The van der Waals surface area contributed by atoms with E-state index < -0.39 is 6.36 Å². The number of halogens is 3. The first-order chi connectivity index (χ1) is 13.1. The fraction of sp³-hybridized carbons (Fsp3) is 0.350. The highest BCUT2D eigenvalue weighted by Gasteiger charge is 2.37. The standard InChI is InChI=1S/C20H22F3N3O2/c1-6-10-26-13(3)24(4)17-12(2)16(25(5)18(17)19(26)27)14-8-7-9-15(11-14)28-20(21,22)23/h7-9,11H,3,6,10H2,1-2,4-5H3. The molecule has 0 radical (unpaired) electrons. The van der Waals surface area contributed by atoms with Gasteiger partial charge in [-0.15, -0.1) is 13.2 Å². The largest absolute Gasteiger partial charge is 0.573 e. The highest BCUT2D eigenvalue weighted by molar-refractivity contribution is 6.05. The van der Waals surface area contributed by atoms with E-state index in [1.807, 2.05) is 25.8 Å². The maximum atomic E-state index is 13.1. The average Bonchev–Trinajstić information content (AvgIpc) is 2.86. The Labute approximate surface area is 161 Å². The molecule has 0 saturated heterocycles. The SMILES string of the molecule is C=C1N(CCC)C(=O)c2c(c(C)c(-c3cccc(OC(F)(F)F)c3)n2C)N1C. The third kappa shape index (κ3) is 3.23. The molecule has 5 nitrogen and oxygen atoms in total. The predicted octanol–water partition coefficient (Wildman–Crippen LogP) is 4.67. The Kier molecular flexibility index (Phi) is 4.91. The Morgan fingerprint density at radius 1 is 1.18 bits per heavy atom. The molecule has 0 bridgehead atoms. The molecule has 0 atom stereocenters. The van der Waals surface area contributed by atoms with Gasteiger partial charge in [0, 0.05) is 26.2 Å². The molecular weight excluding hydrogens is 371 g/mol. The highest BCUT2D eigenvalue weighted by atomic mass is 19.4. The van der Waals surface area contributed by atoms with Crippen LogP contribution in [-0.2, 0) is 7.05 Å². The molecule has 1 aromatic heterocycles. The van der Waals surface area contributed by atoms with Crippen molar-refractivity contribution in [1.29, 1.82) is 0 Å². The van der Waals surface area contributed by atoms with Crippen molar-refractivity contribution in [3.8, 4) is 17.0 Å². The van der Waals surface area contributed by atoms with Crippen LogP contribution in [0.4, 0.5) is 18.9 Å². The van der Waals surface area contributed by atoms with E-state index in [-0.39, 0.29) is 11.7 Å². The fourth-order valence-electron chi connectivity index (χ4n) is 3.73. The lowest BCUT2D eigenvalue weighted by Gasteiger charge is -2.36. The fourth-order valence-corrected chi connectivity index (χ4v) is 3.73. The molecule has 1 amide bonds. The lowest BCUT2D eigenvalue weighted by molar-refractivity contribution is -0.274. The molecule has 2 heterocycles. The number of carbonyl (C=O) groups is 1. The molecule has 0 fully saturated rings. The van der Waals surface area contributed by atoms with E-state index >= 15 is 0 Å². The number of benzene rings is 1. The Hall–Kier alpha value is -2.90. The number of carbonyl (C=O) groups excluding carboxylic acids is 1. The third-order valence-electron chi connectivity index (χ3n) is 4.88. The van der Waals surface area contributed by atoms with Gasteiger partial charge in [-0.05, 0) is 31.0 Å². The maximum Gasteiger partial charge on any atom is 0.573 e. The van der Waals surface area contributed by atoms with Crippen molar-refractivity contribution in [2.75, 3.05) is 18.5 Å². The zero-order valence-corrected chi connectivity index (χ0v) is 16.2. The summed E-state index contributed by atoms with van der Waals surface area (Å²) in [6, 6.07) is 5.76. The minimum Gasteiger partial charge on any atom is -0.406 e. The molecule has 0 N–H and O–H groups in total. The topological polar surface area (TPSA) is 37.7 Å². The zero-order valence-electron chi connectivity index (χ0n) is 16.2. The van der Waals surface area contributed by atoms with Crippen molar-refractivity contribution >= 4 is 11.6 Å². The van der Waals surface area contributed by atoms with Crippen LogP contribution in [0.3, 0.4) is 0 Å². The Bertz CT molecular complexity index is 947. The molecule has 0 aliphatic carbocycles. The molecule has 1 aliphatic heterocycles. The maximum absolute atomic E-state index is 13.1. The van der Waals surface area contributed by atoms with Crippen molar-refractivity contribution in [2.45, 2.75) is 26.6 Å². The number of hydrogen-bond acceptors (Lipinski definition) is 3. The number of anilines is 1. The van der Waals surface area contributed by atoms with E-state index in [9.17, 15) is 18.0 Å². The lowest BCUT2D eigenvalue weighted by Crippen LogP contribution is -2.43. The van der Waals surface area contributed by atoms with Crippen molar-refractivity contribution in [1.82, 2.24) is 9.47 Å². The van der Waals surface area contributed by atoms with Crippen LogP contribution in [0.25, 0.3) is 11.3 Å². The zero-order chi connectivity index (χ0) is 20.8. The van der Waals surface area contributed by atoms with Crippen LogP contribution in [0, 0.1) is 6.92 Å². The monoisotopic (exact) mass is 393 g/mol. The summed E-state index contributed by atoms with van der Waals surface area (Å²) in [5.41, 5.74) is 3.17. The Balaban J connectivity index is 2.15. The Morgan fingerprint density at radius 2 is 1.86 bits per heavy atom. The number of fused-ring (bicyclic) bond motifs is 1. The number of rotatable bonds is 4. The molecule has 0 unspecified atom stereocenters. The molecule has 28 heavy (non-hydrogen) atoms. The van der Waals surface area contributed by atoms with Crippen LogP contribution in [0.15, 0.2) is 36.7 Å². The van der Waals surface area contributed by atoms with E-state index in [4.69, 9.17) is 0 Å². The van der Waals surface area contributed by atoms with Crippen LogP contribution in [-0.4, -0.2) is 35.3 Å². The summed E-state index contributed by atoms with van der Waals surface area (Å²) in [5, 5.41) is 0. The first-order valence-electron chi connectivity index (χ1n) is 8.86. The molecule has 1 aliphatic rings. The van der Waals surface area contributed by atoms with Gasteiger partial charge in [-0.25, -0.2) is 0 Å². The predicted molar refractivity (Wildman–Crippen MR) is 101 cm³/mol. The van der Waals surface area contributed by atoms with E-state index in [1.165, 1.54) is 18.2 Å². The first kappa shape index (κ1) is 19.9. The van der Waals surface area contributed by atoms with Gasteiger partial charge in [-0.3, -0.25) is 9.69 Å². The number of ether oxygens (including phenoxy) is 1. The van der Waals surface area contributed by atoms with Crippen LogP contribution in [0.5, 0.6) is 5.75 Å². The molecule has 8 heteroatoms. The van der Waals surface area contributed by atoms with Crippen LogP contribution >= 0.6 is 0 Å². The van der Waals surface area contributed by atoms with Gasteiger partial charge < -0.3 is 14.2 Å². The normalized spacial score (nSPS) is 14.5. The second-order valence-electron chi connectivity index (χ2n) is 6.74. The van der Waals surface area contributed by atoms with E-state index in [0.717, 1.165) is 12.0 Å². The third-order valence-corrected chi connectivity index (χ3v) is 4.88. The first-order valence-corrected chi connectivity index (χ1v) is 8.86. The van der Waals surface area contributed by atoms with E-state index in [1.54, 1.807) is 22.6 Å². The number of alkyl halides is 3. The second kappa shape index (κ2) is 6.92. The molecule has 2 aromatic rings. The van der Waals surface area contributed by atoms with Gasteiger partial charge in [-0.1, -0.05) is 25.6 Å². The summed E-state index contributed by atoms with van der Waals surface area (Å²) in [6.45, 7) is 8.39. The minimum atomic E-state index is -4.77. The Morgan fingerprint density at radius 3 is 2.46 bits per heavy atom. The van der Waals surface area contributed by atoms with E-state index in [0.29, 0.717) is 35.0 Å². The molecular formula is C20H22F3N3O2. The van der Waals surface area contributed by atoms with Crippen LogP contribution in [0.2, 0.25) is 0 Å². The van der Waals surface area contributed by atoms with Crippen LogP contribution < -0.4 is 9.64 Å². The summed E-state index contributed by atoms with van der Waals surface area (Å²) < 4.78 is 43.5. The van der Waals surface area contributed by atoms with Crippen molar-refractivity contribution < 1.29 is 22.7 Å². The number of nitrogens with zero attached hydrogens (tertiary/aromatic N) is 3. The molecule has 1 aromatic carbocycles. The van der Waals surface area contributed by atoms with Crippen LogP contribution in [0.1, 0.15) is 29.4 Å². The smallest absolute Gasteiger partial charge is 0.406 e.